The van der Waals surface area contributed by atoms with Gasteiger partial charge in [-0.2, -0.15) is 11.3 Å². The van der Waals surface area contributed by atoms with Gasteiger partial charge in [0.15, 0.2) is 11.5 Å². The van der Waals surface area contributed by atoms with Crippen molar-refractivity contribution in [3.8, 4) is 11.5 Å². The third kappa shape index (κ3) is 7.09. The smallest absolute Gasteiger partial charge is 0.252 e. The van der Waals surface area contributed by atoms with Crippen LogP contribution in [0, 0.1) is 0 Å². The predicted molar refractivity (Wildman–Crippen MR) is 116 cm³/mol. The van der Waals surface area contributed by atoms with Crippen LogP contribution in [0.25, 0.3) is 0 Å². The van der Waals surface area contributed by atoms with E-state index in [0.717, 1.165) is 18.4 Å². The summed E-state index contributed by atoms with van der Waals surface area (Å²) in [5.41, 5.74) is 1.61. The molecule has 158 valence electrons. The number of carbonyl (C=O) groups excluding carboxylic acids is 2. The zero-order valence-corrected chi connectivity index (χ0v) is 18.2. The maximum atomic E-state index is 12.7. The van der Waals surface area contributed by atoms with Gasteiger partial charge < -0.3 is 19.7 Å². The zero-order valence-electron chi connectivity index (χ0n) is 17.4. The lowest BCUT2D eigenvalue weighted by Crippen LogP contribution is -2.34. The van der Waals surface area contributed by atoms with Gasteiger partial charge in [-0.3, -0.25) is 9.59 Å². The monoisotopic (exact) mass is 418 g/mol. The van der Waals surface area contributed by atoms with Gasteiger partial charge in [0.25, 0.3) is 5.91 Å². The van der Waals surface area contributed by atoms with Gasteiger partial charge in [0, 0.05) is 37.0 Å². The number of ether oxygens (including phenoxy) is 2. The van der Waals surface area contributed by atoms with Crippen molar-refractivity contribution in [1.29, 1.82) is 0 Å². The molecule has 1 heterocycles. The van der Waals surface area contributed by atoms with Crippen molar-refractivity contribution in [2.45, 2.75) is 39.7 Å². The fraction of sp³-hybridized carbons (Fsp3) is 0.455. The van der Waals surface area contributed by atoms with Gasteiger partial charge in [-0.05, 0) is 42.0 Å². The molecule has 0 saturated heterocycles. The standard InChI is InChI=1S/C22H30N2O4S/c1-4-11-24(21(25)8-10-23-22(26)18-9-13-29-16-18)15-17-6-7-19(28-12-5-2)20(14-17)27-3/h6-7,9,13-14,16H,4-5,8,10-12,15H2,1-3H3,(H,23,26). The zero-order chi connectivity index (χ0) is 21.1. The Kier molecular flexibility index (Phi) is 9.50. The van der Waals surface area contributed by atoms with E-state index >= 15 is 0 Å². The molecule has 29 heavy (non-hydrogen) atoms. The second kappa shape index (κ2) is 12.1. The molecule has 0 saturated carbocycles. The second-order valence-corrected chi connectivity index (χ2v) is 7.45. The average Bonchev–Trinajstić information content (AvgIpc) is 3.27. The van der Waals surface area contributed by atoms with E-state index in [1.165, 1.54) is 11.3 Å². The van der Waals surface area contributed by atoms with Crippen LogP contribution in [-0.2, 0) is 11.3 Å². The van der Waals surface area contributed by atoms with Crippen LogP contribution < -0.4 is 14.8 Å². The van der Waals surface area contributed by atoms with Crippen LogP contribution in [0.4, 0.5) is 0 Å². The molecule has 0 aliphatic heterocycles. The summed E-state index contributed by atoms with van der Waals surface area (Å²) < 4.78 is 11.1. The van der Waals surface area contributed by atoms with E-state index in [9.17, 15) is 9.59 Å². The molecule has 0 spiro atoms. The first-order valence-electron chi connectivity index (χ1n) is 9.96. The minimum atomic E-state index is -0.145. The average molecular weight is 419 g/mol. The summed E-state index contributed by atoms with van der Waals surface area (Å²) in [5.74, 6) is 1.25. The summed E-state index contributed by atoms with van der Waals surface area (Å²) in [6.07, 6.45) is 2.05. The molecule has 7 heteroatoms. The molecule has 2 aromatic rings. The lowest BCUT2D eigenvalue weighted by Gasteiger charge is -2.23. The predicted octanol–water partition coefficient (Wildman–Crippen LogP) is 4.10. The van der Waals surface area contributed by atoms with Crippen LogP contribution in [0.2, 0.25) is 0 Å². The molecule has 2 rings (SSSR count). The Labute approximate surface area is 176 Å². The molecule has 0 aliphatic rings. The van der Waals surface area contributed by atoms with Crippen LogP contribution in [0.5, 0.6) is 11.5 Å². The van der Waals surface area contributed by atoms with Gasteiger partial charge in [0.2, 0.25) is 5.91 Å². The Bertz CT molecular complexity index is 777. The van der Waals surface area contributed by atoms with Crippen LogP contribution >= 0.6 is 11.3 Å². The minimum Gasteiger partial charge on any atom is -0.493 e. The van der Waals surface area contributed by atoms with Crippen LogP contribution in [-0.4, -0.2) is 43.5 Å². The maximum Gasteiger partial charge on any atom is 0.252 e. The normalized spacial score (nSPS) is 10.4. The van der Waals surface area contributed by atoms with Crippen molar-refractivity contribution in [2.75, 3.05) is 26.8 Å². The van der Waals surface area contributed by atoms with Crippen molar-refractivity contribution >= 4 is 23.2 Å². The number of carbonyl (C=O) groups is 2. The number of thiophene rings is 1. The Morgan fingerprint density at radius 3 is 2.62 bits per heavy atom. The lowest BCUT2D eigenvalue weighted by atomic mass is 10.1. The first-order valence-corrected chi connectivity index (χ1v) is 10.9. The van der Waals surface area contributed by atoms with Gasteiger partial charge in [0.05, 0.1) is 13.7 Å². The van der Waals surface area contributed by atoms with E-state index in [2.05, 4.69) is 12.2 Å². The number of nitrogens with zero attached hydrogens (tertiary/aromatic N) is 1. The van der Waals surface area contributed by atoms with Gasteiger partial charge in [0.1, 0.15) is 0 Å². The summed E-state index contributed by atoms with van der Waals surface area (Å²) in [6, 6.07) is 7.53. The third-order valence-corrected chi connectivity index (χ3v) is 5.00. The van der Waals surface area contributed by atoms with E-state index < -0.39 is 0 Å². The fourth-order valence-corrected chi connectivity index (χ4v) is 3.50. The van der Waals surface area contributed by atoms with E-state index in [-0.39, 0.29) is 18.2 Å². The number of methoxy groups -OCH3 is 1. The Morgan fingerprint density at radius 2 is 1.97 bits per heavy atom. The highest BCUT2D eigenvalue weighted by atomic mass is 32.1. The number of amides is 2. The highest BCUT2D eigenvalue weighted by molar-refractivity contribution is 7.08. The minimum absolute atomic E-state index is 0.0164. The van der Waals surface area contributed by atoms with Crippen molar-refractivity contribution in [1.82, 2.24) is 10.2 Å². The van der Waals surface area contributed by atoms with Crippen molar-refractivity contribution in [2.24, 2.45) is 0 Å². The SMILES string of the molecule is CCCOc1ccc(CN(CCC)C(=O)CCNC(=O)c2ccsc2)cc1OC. The number of hydrogen-bond acceptors (Lipinski definition) is 5. The molecule has 1 aromatic carbocycles. The fourth-order valence-electron chi connectivity index (χ4n) is 2.86. The summed E-state index contributed by atoms with van der Waals surface area (Å²) in [7, 11) is 1.61. The molecular formula is C22H30N2O4S. The summed E-state index contributed by atoms with van der Waals surface area (Å²) in [5, 5.41) is 6.46. The highest BCUT2D eigenvalue weighted by Gasteiger charge is 2.15. The van der Waals surface area contributed by atoms with Crippen molar-refractivity contribution < 1.29 is 19.1 Å². The van der Waals surface area contributed by atoms with Gasteiger partial charge in [-0.1, -0.05) is 19.9 Å². The summed E-state index contributed by atoms with van der Waals surface area (Å²) in [4.78, 5) is 26.5. The number of nitrogens with one attached hydrogen (secondary N) is 1. The van der Waals surface area contributed by atoms with Crippen LogP contribution in [0.15, 0.2) is 35.0 Å². The van der Waals surface area contributed by atoms with Gasteiger partial charge in [-0.25, -0.2) is 0 Å². The van der Waals surface area contributed by atoms with E-state index in [1.54, 1.807) is 18.6 Å². The molecular weight excluding hydrogens is 388 g/mol. The lowest BCUT2D eigenvalue weighted by molar-refractivity contribution is -0.131. The molecule has 1 N–H and O–H groups in total. The van der Waals surface area contributed by atoms with Gasteiger partial charge >= 0.3 is 0 Å². The molecule has 0 bridgehead atoms. The molecule has 1 aromatic heterocycles. The largest absolute Gasteiger partial charge is 0.493 e. The molecule has 2 amide bonds. The highest BCUT2D eigenvalue weighted by Crippen LogP contribution is 2.28. The van der Waals surface area contributed by atoms with E-state index in [0.29, 0.717) is 43.3 Å². The maximum absolute atomic E-state index is 12.7. The Morgan fingerprint density at radius 1 is 1.14 bits per heavy atom. The first kappa shape index (κ1) is 22.7. The molecule has 0 unspecified atom stereocenters. The topological polar surface area (TPSA) is 67.9 Å². The second-order valence-electron chi connectivity index (χ2n) is 6.67. The first-order chi connectivity index (χ1) is 14.1. The Hall–Kier alpha value is -2.54. The molecule has 0 atom stereocenters. The molecule has 0 radical (unpaired) electrons. The Balaban J connectivity index is 1.94. The van der Waals surface area contributed by atoms with Crippen LogP contribution in [0.1, 0.15) is 49.0 Å². The third-order valence-electron chi connectivity index (χ3n) is 4.32. The number of rotatable bonds is 12. The summed E-state index contributed by atoms with van der Waals surface area (Å²) in [6.45, 7) is 6.20. The van der Waals surface area contributed by atoms with Crippen molar-refractivity contribution in [3.05, 3.63) is 46.2 Å². The number of hydrogen-bond donors (Lipinski definition) is 1. The van der Waals surface area contributed by atoms with Crippen molar-refractivity contribution in [3.63, 3.8) is 0 Å². The summed E-state index contributed by atoms with van der Waals surface area (Å²) >= 11 is 1.47. The van der Waals surface area contributed by atoms with E-state index in [1.807, 2.05) is 35.4 Å². The van der Waals surface area contributed by atoms with Crippen LogP contribution in [0.3, 0.4) is 0 Å². The number of benzene rings is 1. The van der Waals surface area contributed by atoms with E-state index in [4.69, 9.17) is 9.47 Å². The molecule has 0 aliphatic carbocycles. The van der Waals surface area contributed by atoms with Gasteiger partial charge in [-0.15, -0.1) is 0 Å². The molecule has 0 fully saturated rings. The molecule has 6 nitrogen and oxygen atoms in total. The quantitative estimate of drug-likeness (QED) is 0.563.